The fourth-order valence-electron chi connectivity index (χ4n) is 3.23. The van der Waals surface area contributed by atoms with Gasteiger partial charge in [-0.1, -0.05) is 0 Å². The molecule has 1 aliphatic rings. The van der Waals surface area contributed by atoms with Gasteiger partial charge in [0.1, 0.15) is 5.00 Å². The van der Waals surface area contributed by atoms with Crippen LogP contribution in [0.5, 0.6) is 0 Å². The molecule has 2 amide bonds. The lowest BCUT2D eigenvalue weighted by Gasteiger charge is -2.23. The van der Waals surface area contributed by atoms with Crippen molar-refractivity contribution in [1.29, 1.82) is 0 Å². The van der Waals surface area contributed by atoms with Gasteiger partial charge in [0, 0.05) is 51.7 Å². The highest BCUT2D eigenvalue weighted by Crippen LogP contribution is 2.37. The summed E-state index contributed by atoms with van der Waals surface area (Å²) in [6.07, 6.45) is 0.754. The zero-order valence-corrected chi connectivity index (χ0v) is 19.4. The molecular weight excluding hydrogens is 424 g/mol. The van der Waals surface area contributed by atoms with Crippen LogP contribution in [-0.2, 0) is 23.0 Å². The molecule has 1 aromatic heterocycles. The van der Waals surface area contributed by atoms with Crippen molar-refractivity contribution < 1.29 is 18.0 Å². The molecule has 2 aromatic rings. The number of fused-ring (bicyclic) bond motifs is 1. The van der Waals surface area contributed by atoms with Gasteiger partial charge in [0.2, 0.25) is 10.0 Å². The van der Waals surface area contributed by atoms with Crippen LogP contribution in [0.2, 0.25) is 0 Å². The van der Waals surface area contributed by atoms with E-state index in [1.807, 2.05) is 7.05 Å². The van der Waals surface area contributed by atoms with Crippen molar-refractivity contribution in [3.63, 3.8) is 0 Å². The third-order valence-electron chi connectivity index (χ3n) is 4.99. The third-order valence-corrected chi connectivity index (χ3v) is 7.95. The van der Waals surface area contributed by atoms with Crippen LogP contribution in [0.3, 0.4) is 0 Å². The summed E-state index contributed by atoms with van der Waals surface area (Å²) in [6, 6.07) is 5.76. The molecule has 0 spiro atoms. The second kappa shape index (κ2) is 8.46. The first-order chi connectivity index (χ1) is 14.0. The Bertz CT molecular complexity index is 1070. The molecule has 0 radical (unpaired) electrons. The second-order valence-corrected chi connectivity index (χ2v) is 10.9. The van der Waals surface area contributed by atoms with Crippen LogP contribution >= 0.6 is 11.3 Å². The average molecular weight is 451 g/mol. The van der Waals surface area contributed by atoms with E-state index in [0.717, 1.165) is 34.3 Å². The van der Waals surface area contributed by atoms with Crippen LogP contribution in [0.4, 0.5) is 5.00 Å². The maximum Gasteiger partial charge on any atom is 0.256 e. The highest BCUT2D eigenvalue weighted by Gasteiger charge is 2.29. The van der Waals surface area contributed by atoms with E-state index in [2.05, 4.69) is 10.2 Å². The number of nitrogens with one attached hydrogen (secondary N) is 1. The van der Waals surface area contributed by atoms with E-state index in [0.29, 0.717) is 16.1 Å². The van der Waals surface area contributed by atoms with Gasteiger partial charge in [0.25, 0.3) is 11.8 Å². The maximum absolute atomic E-state index is 12.8. The molecule has 2 heterocycles. The van der Waals surface area contributed by atoms with Gasteiger partial charge in [0.05, 0.1) is 10.5 Å². The lowest BCUT2D eigenvalue weighted by Crippen LogP contribution is -2.28. The Morgan fingerprint density at radius 2 is 1.73 bits per heavy atom. The van der Waals surface area contributed by atoms with Crippen LogP contribution in [0.25, 0.3) is 0 Å². The molecule has 1 aliphatic heterocycles. The van der Waals surface area contributed by atoms with Crippen molar-refractivity contribution in [2.24, 2.45) is 0 Å². The molecule has 1 N–H and O–H groups in total. The molecule has 0 saturated heterocycles. The molecule has 0 atom stereocenters. The number of anilines is 1. The Morgan fingerprint density at radius 3 is 2.30 bits per heavy atom. The van der Waals surface area contributed by atoms with Crippen molar-refractivity contribution >= 4 is 38.2 Å². The first kappa shape index (κ1) is 22.4. The average Bonchev–Trinajstić information content (AvgIpc) is 3.03. The summed E-state index contributed by atoms with van der Waals surface area (Å²) < 4.78 is 25.5. The maximum atomic E-state index is 12.8. The first-order valence-electron chi connectivity index (χ1n) is 9.41. The molecule has 10 heteroatoms. The van der Waals surface area contributed by atoms with E-state index in [4.69, 9.17) is 0 Å². The predicted molar refractivity (Wildman–Crippen MR) is 118 cm³/mol. The fourth-order valence-corrected chi connectivity index (χ4v) is 5.45. The van der Waals surface area contributed by atoms with Gasteiger partial charge in [-0.25, -0.2) is 12.7 Å². The number of carbonyl (C=O) groups excluding carboxylic acids is 2. The lowest BCUT2D eigenvalue weighted by molar-refractivity contribution is 0.0827. The molecule has 0 saturated carbocycles. The molecule has 0 unspecified atom stereocenters. The minimum absolute atomic E-state index is 0.113. The molecule has 0 aliphatic carbocycles. The number of benzene rings is 1. The van der Waals surface area contributed by atoms with Crippen molar-refractivity contribution in [2.75, 3.05) is 47.1 Å². The molecule has 0 bridgehead atoms. The van der Waals surface area contributed by atoms with Gasteiger partial charge in [-0.3, -0.25) is 9.59 Å². The van der Waals surface area contributed by atoms with Crippen molar-refractivity contribution in [3.05, 3.63) is 45.8 Å². The molecule has 1 aromatic carbocycles. The van der Waals surface area contributed by atoms with Crippen molar-refractivity contribution in [3.8, 4) is 0 Å². The van der Waals surface area contributed by atoms with Gasteiger partial charge < -0.3 is 15.1 Å². The Balaban J connectivity index is 1.91. The quantitative estimate of drug-likeness (QED) is 0.752. The topological polar surface area (TPSA) is 90.0 Å². The Labute approximate surface area is 181 Å². The summed E-state index contributed by atoms with van der Waals surface area (Å²) in [4.78, 5) is 30.5. The first-order valence-corrected chi connectivity index (χ1v) is 11.7. The third kappa shape index (κ3) is 4.27. The van der Waals surface area contributed by atoms with E-state index < -0.39 is 10.0 Å². The highest BCUT2D eigenvalue weighted by atomic mass is 32.2. The Kier molecular flexibility index (Phi) is 6.32. The van der Waals surface area contributed by atoms with Gasteiger partial charge in [-0.2, -0.15) is 0 Å². The monoisotopic (exact) mass is 450 g/mol. The number of sulfonamides is 1. The van der Waals surface area contributed by atoms with Gasteiger partial charge in [-0.15, -0.1) is 11.3 Å². The summed E-state index contributed by atoms with van der Waals surface area (Å²) >= 11 is 1.42. The number of amides is 2. The zero-order valence-electron chi connectivity index (χ0n) is 17.7. The molecule has 162 valence electrons. The standard InChI is InChI=1S/C20H26N4O4S2/c1-22(2)20(26)17-15-10-11-24(5)12-16(15)29-19(17)21-18(25)13-6-8-14(9-7-13)30(27,28)23(3)4/h6-9H,10-12H2,1-5H3,(H,21,25). The van der Waals surface area contributed by atoms with Crippen LogP contribution in [0.1, 0.15) is 31.2 Å². The minimum Gasteiger partial charge on any atom is -0.345 e. The van der Waals surface area contributed by atoms with E-state index in [-0.39, 0.29) is 16.7 Å². The van der Waals surface area contributed by atoms with Gasteiger partial charge in [0.15, 0.2) is 0 Å². The molecule has 3 rings (SSSR count). The lowest BCUT2D eigenvalue weighted by atomic mass is 10.0. The molecule has 0 fully saturated rings. The number of rotatable bonds is 5. The second-order valence-electron chi connectivity index (χ2n) is 7.66. The van der Waals surface area contributed by atoms with E-state index in [9.17, 15) is 18.0 Å². The minimum atomic E-state index is -3.56. The van der Waals surface area contributed by atoms with Gasteiger partial charge >= 0.3 is 0 Å². The van der Waals surface area contributed by atoms with E-state index in [1.54, 1.807) is 14.1 Å². The summed E-state index contributed by atoms with van der Waals surface area (Å²) in [6.45, 7) is 1.59. The number of hydrogen-bond donors (Lipinski definition) is 1. The zero-order chi connectivity index (χ0) is 22.2. The Morgan fingerprint density at radius 1 is 1.10 bits per heavy atom. The number of carbonyl (C=O) groups is 2. The molecule has 8 nitrogen and oxygen atoms in total. The van der Waals surface area contributed by atoms with Crippen molar-refractivity contribution in [1.82, 2.24) is 14.1 Å². The normalized spacial score (nSPS) is 14.5. The van der Waals surface area contributed by atoms with E-state index >= 15 is 0 Å². The van der Waals surface area contributed by atoms with Crippen LogP contribution < -0.4 is 5.32 Å². The summed E-state index contributed by atoms with van der Waals surface area (Å²) in [5, 5.41) is 3.40. The predicted octanol–water partition coefficient (Wildman–Crippen LogP) is 1.94. The Hall–Kier alpha value is -2.27. The number of thiophene rings is 1. The summed E-state index contributed by atoms with van der Waals surface area (Å²) in [5.41, 5.74) is 1.87. The fraction of sp³-hybridized carbons (Fsp3) is 0.400. The number of nitrogens with zero attached hydrogens (tertiary/aromatic N) is 3. The molecule has 30 heavy (non-hydrogen) atoms. The van der Waals surface area contributed by atoms with Crippen molar-refractivity contribution in [2.45, 2.75) is 17.9 Å². The van der Waals surface area contributed by atoms with Crippen LogP contribution in [-0.4, -0.2) is 76.1 Å². The molecular formula is C20H26N4O4S2. The SMILES string of the molecule is CN1CCc2c(sc(NC(=O)c3ccc(S(=O)(=O)N(C)C)cc3)c2C(=O)N(C)C)C1. The van der Waals surface area contributed by atoms with Gasteiger partial charge in [-0.05, 0) is 43.3 Å². The van der Waals surface area contributed by atoms with Crippen LogP contribution in [0, 0.1) is 0 Å². The number of hydrogen-bond acceptors (Lipinski definition) is 6. The van der Waals surface area contributed by atoms with E-state index in [1.165, 1.54) is 54.6 Å². The summed E-state index contributed by atoms with van der Waals surface area (Å²) in [7, 11) is 4.75. The number of likely N-dealkylation sites (N-methyl/N-ethyl adjacent to an activating group) is 1. The summed E-state index contributed by atoms with van der Waals surface area (Å²) in [5.74, 6) is -0.525. The largest absolute Gasteiger partial charge is 0.345 e. The van der Waals surface area contributed by atoms with Crippen LogP contribution in [0.15, 0.2) is 29.2 Å². The smallest absolute Gasteiger partial charge is 0.256 e. The highest BCUT2D eigenvalue weighted by molar-refractivity contribution is 7.89.